The molecule has 0 bridgehead atoms. The normalized spacial score (nSPS) is 13.7. The summed E-state index contributed by atoms with van der Waals surface area (Å²) in [4.78, 5) is 21.1. The van der Waals surface area contributed by atoms with Gasteiger partial charge in [0.05, 0.1) is 10.6 Å². The molecule has 1 N–H and O–H groups in total. The van der Waals surface area contributed by atoms with E-state index >= 15 is 0 Å². The van der Waals surface area contributed by atoms with E-state index in [0.717, 1.165) is 23.4 Å². The van der Waals surface area contributed by atoms with Crippen LogP contribution in [0.15, 0.2) is 67.0 Å². The summed E-state index contributed by atoms with van der Waals surface area (Å²) in [5.41, 5.74) is -0.403. The van der Waals surface area contributed by atoms with Crippen LogP contribution < -0.4 is 10.1 Å². The number of nitrogens with zero attached hydrogens (tertiary/aromatic N) is 2. The molecule has 0 aliphatic carbocycles. The summed E-state index contributed by atoms with van der Waals surface area (Å²) in [6, 6.07) is 15.3. The maximum Gasteiger partial charge on any atom is 0.417 e. The van der Waals surface area contributed by atoms with E-state index in [0.29, 0.717) is 17.8 Å². The largest absolute Gasteiger partial charge is 0.462 e. The second kappa shape index (κ2) is 10.4. The van der Waals surface area contributed by atoms with Gasteiger partial charge in [-0.3, -0.25) is 9.78 Å². The Labute approximate surface area is 201 Å². The average molecular weight is 492 g/mol. The summed E-state index contributed by atoms with van der Waals surface area (Å²) in [5, 5.41) is 3.45. The van der Waals surface area contributed by atoms with Crippen molar-refractivity contribution in [1.82, 2.24) is 15.3 Å². The Kier molecular flexibility index (Phi) is 7.82. The third kappa shape index (κ3) is 6.47. The van der Waals surface area contributed by atoms with Crippen molar-refractivity contribution in [3.05, 3.63) is 88.8 Å². The van der Waals surface area contributed by atoms with Crippen molar-refractivity contribution in [2.75, 3.05) is 6.54 Å². The van der Waals surface area contributed by atoms with E-state index < -0.39 is 23.2 Å². The van der Waals surface area contributed by atoms with Gasteiger partial charge in [0.25, 0.3) is 5.91 Å². The Morgan fingerprint density at radius 2 is 1.74 bits per heavy atom. The number of nitrogens with one attached hydrogen (secondary N) is 1. The van der Waals surface area contributed by atoms with Crippen LogP contribution in [-0.4, -0.2) is 28.0 Å². The average Bonchev–Trinajstić information content (AvgIpc) is 2.79. The van der Waals surface area contributed by atoms with E-state index in [4.69, 9.17) is 16.3 Å². The van der Waals surface area contributed by atoms with E-state index in [-0.39, 0.29) is 17.7 Å². The van der Waals surface area contributed by atoms with Crippen molar-refractivity contribution in [3.63, 3.8) is 0 Å². The van der Waals surface area contributed by atoms with Crippen LogP contribution in [0.3, 0.4) is 0 Å². The Balaban J connectivity index is 1.72. The van der Waals surface area contributed by atoms with Gasteiger partial charge in [-0.15, -0.1) is 0 Å². The molecule has 9 heteroatoms. The van der Waals surface area contributed by atoms with Gasteiger partial charge >= 0.3 is 6.18 Å². The molecule has 2 atom stereocenters. The van der Waals surface area contributed by atoms with E-state index in [2.05, 4.69) is 15.3 Å². The van der Waals surface area contributed by atoms with Crippen molar-refractivity contribution in [2.45, 2.75) is 44.4 Å². The summed E-state index contributed by atoms with van der Waals surface area (Å²) in [5.74, 6) is -0.641. The first-order valence-electron chi connectivity index (χ1n) is 10.6. The molecule has 1 amide bonds. The maximum absolute atomic E-state index is 13.0. The van der Waals surface area contributed by atoms with Gasteiger partial charge in [-0.1, -0.05) is 48.9 Å². The zero-order chi connectivity index (χ0) is 24.9. The number of pyridine rings is 2. The minimum absolute atomic E-state index is 0.0411. The van der Waals surface area contributed by atoms with Crippen LogP contribution in [-0.2, 0) is 11.0 Å². The lowest BCUT2D eigenvalue weighted by Crippen LogP contribution is -2.48. The lowest BCUT2D eigenvalue weighted by atomic mass is 9.84. The standard InChI is InChI=1S/C25H25ClF3N3O2/c1-16(21-11-10-19(26)14-30-21)20(17-7-5-4-6-8-17)15-32-23(33)24(2,3)34-22-12-9-18(13-31-22)25(27,28)29/h4-14,16,20H,15H2,1-3H3,(H,32,33). The molecule has 3 rings (SSSR count). The van der Waals surface area contributed by atoms with Gasteiger partial charge in [0, 0.05) is 42.5 Å². The predicted octanol–water partition coefficient (Wildman–Crippen LogP) is 6.01. The Morgan fingerprint density at radius 3 is 2.29 bits per heavy atom. The van der Waals surface area contributed by atoms with Gasteiger partial charge in [0.15, 0.2) is 5.60 Å². The van der Waals surface area contributed by atoms with Crippen LogP contribution in [0, 0.1) is 0 Å². The third-order valence-corrected chi connectivity index (χ3v) is 5.72. The predicted molar refractivity (Wildman–Crippen MR) is 124 cm³/mol. The molecule has 0 radical (unpaired) electrons. The van der Waals surface area contributed by atoms with Crippen molar-refractivity contribution in [2.24, 2.45) is 0 Å². The maximum atomic E-state index is 13.0. The highest BCUT2D eigenvalue weighted by atomic mass is 35.5. The smallest absolute Gasteiger partial charge is 0.417 e. The quantitative estimate of drug-likeness (QED) is 0.419. The molecule has 180 valence electrons. The van der Waals surface area contributed by atoms with Gasteiger partial charge in [0.1, 0.15) is 0 Å². The van der Waals surface area contributed by atoms with Crippen LogP contribution in [0.25, 0.3) is 0 Å². The molecule has 5 nitrogen and oxygen atoms in total. The van der Waals surface area contributed by atoms with Crippen LogP contribution >= 0.6 is 11.6 Å². The molecule has 0 fully saturated rings. The summed E-state index contributed by atoms with van der Waals surface area (Å²) >= 11 is 5.97. The molecular formula is C25H25ClF3N3O2. The number of hydrogen-bond acceptors (Lipinski definition) is 4. The number of amides is 1. The van der Waals surface area contributed by atoms with Gasteiger partial charge in [-0.2, -0.15) is 13.2 Å². The first kappa shape index (κ1) is 25.5. The van der Waals surface area contributed by atoms with E-state index in [1.165, 1.54) is 13.8 Å². The molecule has 2 heterocycles. The fourth-order valence-corrected chi connectivity index (χ4v) is 3.59. The molecular weight excluding hydrogens is 467 g/mol. The zero-order valence-corrected chi connectivity index (χ0v) is 19.7. The van der Waals surface area contributed by atoms with E-state index in [1.54, 1.807) is 12.3 Å². The number of benzene rings is 1. The highest BCUT2D eigenvalue weighted by molar-refractivity contribution is 6.30. The minimum Gasteiger partial charge on any atom is -0.462 e. The first-order chi connectivity index (χ1) is 16.0. The summed E-state index contributed by atoms with van der Waals surface area (Å²) < 4.78 is 43.9. The summed E-state index contributed by atoms with van der Waals surface area (Å²) in [7, 11) is 0. The lowest BCUT2D eigenvalue weighted by molar-refractivity contribution is -0.138. The highest BCUT2D eigenvalue weighted by Gasteiger charge is 2.34. The molecule has 0 saturated heterocycles. The number of halogens is 4. The molecule has 2 aromatic heterocycles. The Hall–Kier alpha value is -3.13. The fourth-order valence-electron chi connectivity index (χ4n) is 3.48. The van der Waals surface area contributed by atoms with E-state index in [9.17, 15) is 18.0 Å². The lowest BCUT2D eigenvalue weighted by Gasteiger charge is -2.28. The monoisotopic (exact) mass is 491 g/mol. The topological polar surface area (TPSA) is 64.1 Å². The van der Waals surface area contributed by atoms with E-state index in [1.807, 2.05) is 43.3 Å². The summed E-state index contributed by atoms with van der Waals surface area (Å²) in [6.07, 6.45) is -2.24. The Bertz CT molecular complexity index is 1090. The van der Waals surface area contributed by atoms with Crippen LogP contribution in [0.5, 0.6) is 5.88 Å². The fraction of sp³-hybridized carbons (Fsp3) is 0.320. The van der Waals surface area contributed by atoms with Gasteiger partial charge in [-0.05, 0) is 37.6 Å². The second-order valence-corrected chi connectivity index (χ2v) is 8.85. The molecule has 1 aromatic carbocycles. The second-order valence-electron chi connectivity index (χ2n) is 8.41. The van der Waals surface area contributed by atoms with Gasteiger partial charge in [-0.25, -0.2) is 4.98 Å². The zero-order valence-electron chi connectivity index (χ0n) is 18.9. The SMILES string of the molecule is CC(c1ccc(Cl)cn1)C(CNC(=O)C(C)(C)Oc1ccc(C(F)(F)F)cn1)c1ccccc1. The summed E-state index contributed by atoms with van der Waals surface area (Å²) in [6.45, 7) is 5.38. The van der Waals surface area contributed by atoms with Crippen LogP contribution in [0.2, 0.25) is 5.02 Å². The van der Waals surface area contributed by atoms with Gasteiger partial charge < -0.3 is 10.1 Å². The number of carbonyl (C=O) groups excluding carboxylic acids is 1. The number of ether oxygens (including phenoxy) is 1. The van der Waals surface area contributed by atoms with Crippen molar-refractivity contribution in [3.8, 4) is 5.88 Å². The third-order valence-electron chi connectivity index (χ3n) is 5.50. The molecule has 3 aromatic rings. The van der Waals surface area contributed by atoms with Gasteiger partial charge in [0.2, 0.25) is 5.88 Å². The molecule has 34 heavy (non-hydrogen) atoms. The number of carbonyl (C=O) groups is 1. The molecule has 0 saturated carbocycles. The molecule has 0 spiro atoms. The number of hydrogen-bond donors (Lipinski definition) is 1. The van der Waals surface area contributed by atoms with Crippen molar-refractivity contribution < 1.29 is 22.7 Å². The molecule has 0 aliphatic rings. The molecule has 2 unspecified atom stereocenters. The van der Waals surface area contributed by atoms with Crippen LogP contribution in [0.4, 0.5) is 13.2 Å². The van der Waals surface area contributed by atoms with Crippen molar-refractivity contribution in [1.29, 1.82) is 0 Å². The number of aromatic nitrogens is 2. The Morgan fingerprint density at radius 1 is 1.03 bits per heavy atom. The van der Waals surface area contributed by atoms with Crippen LogP contribution in [0.1, 0.15) is 49.4 Å². The number of alkyl halides is 3. The highest BCUT2D eigenvalue weighted by Crippen LogP contribution is 2.32. The number of rotatable bonds is 8. The van der Waals surface area contributed by atoms with Crippen molar-refractivity contribution >= 4 is 17.5 Å². The first-order valence-corrected chi connectivity index (χ1v) is 11.0. The molecule has 0 aliphatic heterocycles. The minimum atomic E-state index is -4.50.